The molecule has 0 spiro atoms. The van der Waals surface area contributed by atoms with Gasteiger partial charge in [-0.3, -0.25) is 4.79 Å². The Morgan fingerprint density at radius 3 is 0.856 bits per heavy atom. The van der Waals surface area contributed by atoms with Crippen molar-refractivity contribution in [1.82, 2.24) is 34.9 Å². The summed E-state index contributed by atoms with van der Waals surface area (Å²) >= 11 is 0. The van der Waals surface area contributed by atoms with E-state index in [0.29, 0.717) is 0 Å². The van der Waals surface area contributed by atoms with E-state index in [4.69, 9.17) is 5.11 Å². The van der Waals surface area contributed by atoms with E-state index < -0.39 is 0 Å². The van der Waals surface area contributed by atoms with Gasteiger partial charge in [-0.15, -0.1) is 249 Å². The topological polar surface area (TPSA) is 128 Å². The first-order chi connectivity index (χ1) is 62.1. The Kier molecular flexibility index (Phi) is 46.1. The molecule has 0 amide bonds. The minimum atomic E-state index is -0.125. The number of hydrogen-bond donors (Lipinski definition) is 1. The maximum atomic E-state index is 10.0. The summed E-state index contributed by atoms with van der Waals surface area (Å²) in [5.74, 6) is -0.0625. The van der Waals surface area contributed by atoms with Gasteiger partial charge in [-0.05, 0) is 147 Å². The van der Waals surface area contributed by atoms with Crippen LogP contribution in [0.4, 0.5) is 0 Å². The summed E-state index contributed by atoms with van der Waals surface area (Å²) < 4.78 is 0. The molecule has 9 nitrogen and oxygen atoms in total. The van der Waals surface area contributed by atoms with E-state index in [9.17, 15) is 4.79 Å². The van der Waals surface area contributed by atoms with Crippen molar-refractivity contribution >= 4 is 5.78 Å². The molecular formula is C118H96Ir5N7O2-7. The first kappa shape index (κ1) is 106. The third-order valence-corrected chi connectivity index (χ3v) is 19.5. The summed E-state index contributed by atoms with van der Waals surface area (Å²) in [6.45, 7) is 15.4. The van der Waals surface area contributed by atoms with Crippen molar-refractivity contribution in [2.75, 3.05) is 0 Å². The predicted molar refractivity (Wildman–Crippen MR) is 522 cm³/mol. The van der Waals surface area contributed by atoms with E-state index in [2.05, 4.69) is 258 Å². The van der Waals surface area contributed by atoms with Crippen LogP contribution in [0.5, 0.6) is 0 Å². The number of carbonyl (C=O) groups excluding carboxylic acids is 1. The maximum absolute atomic E-state index is 10.0. The molecule has 5 radical (unpaired) electrons. The summed E-state index contributed by atoms with van der Waals surface area (Å²) in [7, 11) is 0. The number of aliphatic hydroxyl groups excluding tert-OH is 1. The van der Waals surface area contributed by atoms with E-state index in [1.807, 2.05) is 274 Å². The van der Waals surface area contributed by atoms with Crippen LogP contribution in [0.3, 0.4) is 0 Å². The van der Waals surface area contributed by atoms with E-state index in [1.54, 1.807) is 12.4 Å². The molecule has 7 aromatic heterocycles. The normalized spacial score (nSPS) is 9.92. The molecule has 0 unspecified atom stereocenters. The van der Waals surface area contributed by atoms with Crippen LogP contribution in [0, 0.1) is 84.0 Å². The first-order valence-electron chi connectivity index (χ1n) is 41.8. The number of hydrogen-bond acceptors (Lipinski definition) is 9. The Morgan fingerprint density at radius 2 is 0.553 bits per heavy atom. The summed E-state index contributed by atoms with van der Waals surface area (Å²) in [5, 5.41) is 8.36. The van der Waals surface area contributed by atoms with Gasteiger partial charge >= 0.3 is 0 Å². The van der Waals surface area contributed by atoms with Crippen LogP contribution in [0.1, 0.15) is 47.2 Å². The number of nitrogens with zero attached hydrogens (tertiary/aromatic N) is 7. The molecular weight excluding hydrogens is 2510 g/mol. The van der Waals surface area contributed by atoms with Gasteiger partial charge in [0.1, 0.15) is 0 Å². The zero-order chi connectivity index (χ0) is 88.6. The van der Waals surface area contributed by atoms with Crippen molar-refractivity contribution in [3.05, 3.63) is 513 Å². The van der Waals surface area contributed by atoms with Gasteiger partial charge < -0.3 is 40.0 Å². The second-order valence-corrected chi connectivity index (χ2v) is 29.7. The minimum absolute atomic E-state index is 0. The smallest absolute Gasteiger partial charge is 0.155 e. The monoisotopic (exact) mass is 2610 g/mol. The number of aromatic nitrogens is 7. The average molecular weight is 2610 g/mol. The Bertz CT molecular complexity index is 6170. The van der Waals surface area contributed by atoms with Crippen LogP contribution in [-0.4, -0.2) is 45.8 Å². The van der Waals surface area contributed by atoms with Crippen molar-refractivity contribution in [3.63, 3.8) is 0 Å². The Balaban J connectivity index is 0.000000208. The standard InChI is InChI=1S/2C19H16N.2C18H14N.C17H12N.2C11H8N.C5H8O2.5Ir/c2*1-14-10-15(2)12-18(11-14)19-9-8-17(13-20-19)16-6-4-3-5-7-16;1-14-12-18(16-10-6-3-7-11-16)19-13-17(14)15-8-4-2-5-9-15;1-14-7-9-15(10-8-14)17-11-12-19-18(13-17)16-5-3-2-4-6-16;1-3-7-14(8-4-1)16-11-12-18-17(13-16)15-9-5-2-6-10-15;2*1-2-6-10(7-3-1)11-8-4-5-9-12-11;1-4(6)3-5(2)7;;;;;/h2*3-11,13H,1-2H3;2-10,12-13H,1H3;2-5,7-13H,1H3;1-9,11-13H;2*1-6,8-9H;3,6H,1-2H3;;;;;/q7*-1;;;;;;. The molecule has 0 saturated carbocycles. The van der Waals surface area contributed by atoms with Gasteiger partial charge in [0, 0.05) is 156 Å². The van der Waals surface area contributed by atoms with Crippen molar-refractivity contribution in [2.24, 2.45) is 0 Å². The van der Waals surface area contributed by atoms with Gasteiger partial charge in [-0.1, -0.05) is 246 Å². The van der Waals surface area contributed by atoms with Gasteiger partial charge in [-0.25, -0.2) is 0 Å². The molecule has 0 aliphatic carbocycles. The molecule has 12 aromatic carbocycles. The first-order valence-corrected chi connectivity index (χ1v) is 41.8. The second kappa shape index (κ2) is 57.3. The SMILES string of the molecule is CC(=O)C=C(C)O.Cc1[c-]c(-c2ccc(-c3ccccc3)cn2)cc(C)c1.Cc1[c-]c(-c2ccc(-c3ccccc3)cn2)cc(C)c1.Cc1cc(-c2[c-]cccc2)ncc1-c1ccccc1.Cc1ccc(-c2ccnc(-c3[c-]cccc3)c2)cc1.[Ir].[Ir].[Ir].[Ir].[Ir].[c-]1ccccc1-c1cc(-c2ccccc2)ccn1.[c-]1ccccc1-c1ccccn1.[c-]1ccccc1-c1ccccn1. The fraction of sp³-hybridized carbons (Fsp3) is 0.0678. The number of rotatable bonds is 13. The van der Waals surface area contributed by atoms with Crippen molar-refractivity contribution in [2.45, 2.75) is 55.4 Å². The molecule has 132 heavy (non-hydrogen) atoms. The van der Waals surface area contributed by atoms with Crippen LogP contribution in [0.25, 0.3) is 134 Å². The molecule has 19 rings (SSSR count). The van der Waals surface area contributed by atoms with Crippen molar-refractivity contribution in [3.8, 4) is 134 Å². The van der Waals surface area contributed by atoms with E-state index >= 15 is 0 Å². The molecule has 0 saturated heterocycles. The third-order valence-electron chi connectivity index (χ3n) is 19.5. The van der Waals surface area contributed by atoms with Crippen LogP contribution >= 0.6 is 0 Å². The van der Waals surface area contributed by atoms with Gasteiger partial charge in [0.2, 0.25) is 0 Å². The fourth-order valence-corrected chi connectivity index (χ4v) is 13.4. The van der Waals surface area contributed by atoms with Gasteiger partial charge in [-0.2, -0.15) is 0 Å². The number of pyridine rings is 7. The zero-order valence-electron chi connectivity index (χ0n) is 74.1. The van der Waals surface area contributed by atoms with Crippen LogP contribution < -0.4 is 0 Å². The second-order valence-electron chi connectivity index (χ2n) is 29.7. The number of carbonyl (C=O) groups is 1. The van der Waals surface area contributed by atoms with Gasteiger partial charge in [0.15, 0.2) is 5.78 Å². The molecule has 1 N–H and O–H groups in total. The number of ketones is 1. The number of aryl methyl sites for hydroxylation is 6. The fourth-order valence-electron chi connectivity index (χ4n) is 13.4. The summed E-state index contributed by atoms with van der Waals surface area (Å²) in [6, 6.07) is 151. The molecule has 0 fully saturated rings. The minimum Gasteiger partial charge on any atom is -0.512 e. The molecule has 0 aliphatic heterocycles. The van der Waals surface area contributed by atoms with E-state index in [-0.39, 0.29) is 112 Å². The molecule has 7 heterocycles. The Hall–Kier alpha value is -12.9. The van der Waals surface area contributed by atoms with E-state index in [1.165, 1.54) is 86.7 Å². The van der Waals surface area contributed by atoms with Crippen LogP contribution in [0.2, 0.25) is 0 Å². The molecule has 667 valence electrons. The Morgan fingerprint density at radius 1 is 0.250 bits per heavy atom. The molecule has 0 aliphatic rings. The number of allylic oxidation sites excluding steroid dienone is 2. The Labute approximate surface area is 846 Å². The molecule has 0 bridgehead atoms. The summed E-state index contributed by atoms with van der Waals surface area (Å²) in [4.78, 5) is 41.0. The summed E-state index contributed by atoms with van der Waals surface area (Å²) in [5.41, 5.74) is 33.1. The molecule has 19 aromatic rings. The van der Waals surface area contributed by atoms with Gasteiger partial charge in [0.25, 0.3) is 0 Å². The largest absolute Gasteiger partial charge is 0.512 e. The summed E-state index contributed by atoms with van der Waals surface area (Å²) in [6.07, 6.45) is 14.2. The molecule has 0 atom stereocenters. The number of aliphatic hydroxyl groups is 1. The quantitative estimate of drug-likeness (QED) is 0.0682. The number of benzene rings is 12. The molecule has 14 heteroatoms. The zero-order valence-corrected chi connectivity index (χ0v) is 86.1. The average Bonchev–Trinajstić information content (AvgIpc) is 0.839. The van der Waals surface area contributed by atoms with E-state index in [0.717, 1.165) is 101 Å². The predicted octanol–water partition coefficient (Wildman–Crippen LogP) is 29.1. The van der Waals surface area contributed by atoms with Crippen LogP contribution in [0.15, 0.2) is 437 Å². The van der Waals surface area contributed by atoms with Crippen molar-refractivity contribution < 1.29 is 110 Å². The maximum Gasteiger partial charge on any atom is 0.155 e. The third kappa shape index (κ3) is 34.5. The van der Waals surface area contributed by atoms with Crippen molar-refractivity contribution in [1.29, 1.82) is 0 Å². The van der Waals surface area contributed by atoms with Crippen LogP contribution in [-0.2, 0) is 105 Å². The van der Waals surface area contributed by atoms with Gasteiger partial charge in [0.05, 0.1) is 5.76 Å².